The summed E-state index contributed by atoms with van der Waals surface area (Å²) in [6.07, 6.45) is 0. The van der Waals surface area contributed by atoms with E-state index in [1.807, 2.05) is 84.2 Å². The van der Waals surface area contributed by atoms with Crippen molar-refractivity contribution in [1.29, 1.82) is 0 Å². The minimum absolute atomic E-state index is 0.763. The second kappa shape index (κ2) is 9.87. The van der Waals surface area contributed by atoms with Crippen LogP contribution in [0.4, 0.5) is 0 Å². The van der Waals surface area contributed by atoms with Gasteiger partial charge in [0.05, 0.1) is 16.3 Å². The van der Waals surface area contributed by atoms with Crippen LogP contribution in [-0.2, 0) is 0 Å². The van der Waals surface area contributed by atoms with Crippen molar-refractivity contribution in [2.75, 3.05) is 0 Å². The van der Waals surface area contributed by atoms with E-state index in [0.717, 1.165) is 48.6 Å². The molecule has 0 unspecified atom stereocenters. The quantitative estimate of drug-likeness (QED) is 0.217. The number of rotatable bonds is 7. The summed E-state index contributed by atoms with van der Waals surface area (Å²) in [6.45, 7) is 0. The lowest BCUT2D eigenvalue weighted by atomic mass is 10.2. The highest BCUT2D eigenvalue weighted by Crippen LogP contribution is 2.37. The van der Waals surface area contributed by atoms with Crippen LogP contribution in [0.3, 0.4) is 0 Å². The molecule has 0 saturated heterocycles. The van der Waals surface area contributed by atoms with E-state index in [9.17, 15) is 0 Å². The molecule has 0 aliphatic rings. The summed E-state index contributed by atoms with van der Waals surface area (Å²) in [5.74, 6) is 2.38. The van der Waals surface area contributed by atoms with E-state index >= 15 is 0 Å². The zero-order valence-corrected chi connectivity index (χ0v) is 20.8. The van der Waals surface area contributed by atoms with Gasteiger partial charge >= 0.3 is 0 Å². The molecule has 3 heterocycles. The van der Waals surface area contributed by atoms with Crippen molar-refractivity contribution in [3.63, 3.8) is 0 Å². The smallest absolute Gasteiger partial charge is 0.203 e. The molecule has 0 aliphatic heterocycles. The van der Waals surface area contributed by atoms with Crippen molar-refractivity contribution in [3.8, 4) is 39.1 Å². The van der Waals surface area contributed by atoms with Crippen LogP contribution in [-0.4, -0.2) is 19.7 Å². The Labute approximate surface area is 214 Å². The van der Waals surface area contributed by atoms with Crippen LogP contribution in [0.1, 0.15) is 0 Å². The van der Waals surface area contributed by atoms with Crippen molar-refractivity contribution in [2.45, 2.75) is 9.50 Å². The van der Waals surface area contributed by atoms with Gasteiger partial charge in [0, 0.05) is 10.9 Å². The van der Waals surface area contributed by atoms with E-state index in [1.165, 1.54) is 11.8 Å². The van der Waals surface area contributed by atoms with Crippen LogP contribution < -0.4 is 4.74 Å². The Morgan fingerprint density at radius 3 is 2.20 bits per heavy atom. The largest absolute Gasteiger partial charge is 0.457 e. The van der Waals surface area contributed by atoms with Crippen molar-refractivity contribution < 1.29 is 4.74 Å². The Balaban J connectivity index is 1.33. The molecule has 6 rings (SSSR count). The van der Waals surface area contributed by atoms with Crippen molar-refractivity contribution in [2.24, 2.45) is 0 Å². The molecule has 6 aromatic rings. The number of hydrogen-bond donors (Lipinski definition) is 0. The Morgan fingerprint density at radius 1 is 0.714 bits per heavy atom. The summed E-state index contributed by atoms with van der Waals surface area (Å²) < 4.78 is 8.96. The first-order valence-corrected chi connectivity index (χ1v) is 13.4. The van der Waals surface area contributed by atoms with Gasteiger partial charge in [0.2, 0.25) is 5.16 Å². The molecule has 0 aliphatic carbocycles. The standard InChI is InChI=1S/C27H18N4OS3/c1-3-8-19(9-4-1)23-18-34-27(28-23)35-26-30-29-25(24-12-7-17-33-24)31(26)20-13-15-22(16-14-20)32-21-10-5-2-6-11-21/h1-18H. The third-order valence-electron chi connectivity index (χ3n) is 5.18. The zero-order valence-electron chi connectivity index (χ0n) is 18.3. The second-order valence-electron chi connectivity index (χ2n) is 7.49. The highest BCUT2D eigenvalue weighted by molar-refractivity contribution is 8.00. The molecule has 0 amide bonds. The number of benzene rings is 3. The monoisotopic (exact) mass is 510 g/mol. The molecule has 35 heavy (non-hydrogen) atoms. The van der Waals surface area contributed by atoms with Crippen molar-refractivity contribution in [1.82, 2.24) is 19.7 Å². The van der Waals surface area contributed by atoms with Crippen LogP contribution in [0.25, 0.3) is 27.6 Å². The first-order chi connectivity index (χ1) is 17.3. The molecule has 3 aromatic heterocycles. The molecular weight excluding hydrogens is 493 g/mol. The van der Waals surface area contributed by atoms with Crippen LogP contribution in [0.2, 0.25) is 0 Å². The van der Waals surface area contributed by atoms with Crippen LogP contribution in [0.5, 0.6) is 11.5 Å². The molecule has 0 saturated carbocycles. The van der Waals surface area contributed by atoms with Gasteiger partial charge in [-0.05, 0) is 59.6 Å². The molecule has 0 N–H and O–H groups in total. The molecule has 5 nitrogen and oxygen atoms in total. The molecule has 0 spiro atoms. The van der Waals surface area contributed by atoms with E-state index in [4.69, 9.17) is 9.72 Å². The second-order valence-corrected chi connectivity index (χ2v) is 10.5. The van der Waals surface area contributed by atoms with Crippen molar-refractivity contribution >= 4 is 34.4 Å². The third-order valence-corrected chi connectivity index (χ3v) is 7.93. The molecule has 0 fully saturated rings. The fraction of sp³-hybridized carbons (Fsp3) is 0. The van der Waals surface area contributed by atoms with Gasteiger partial charge in [0.1, 0.15) is 11.5 Å². The average molecular weight is 511 g/mol. The maximum Gasteiger partial charge on any atom is 0.203 e. The summed E-state index contributed by atoms with van der Waals surface area (Å²) in [7, 11) is 0. The van der Waals surface area contributed by atoms with Crippen LogP contribution in [0.15, 0.2) is 117 Å². The van der Waals surface area contributed by atoms with E-state index in [2.05, 4.69) is 38.3 Å². The lowest BCUT2D eigenvalue weighted by molar-refractivity contribution is 0.482. The van der Waals surface area contributed by atoms with Gasteiger partial charge in [-0.15, -0.1) is 32.9 Å². The molecule has 0 bridgehead atoms. The summed E-state index contributed by atoms with van der Waals surface area (Å²) in [5, 5.41) is 14.0. The summed E-state index contributed by atoms with van der Waals surface area (Å²) in [6, 6.07) is 32.0. The lowest BCUT2D eigenvalue weighted by Crippen LogP contribution is -1.99. The van der Waals surface area contributed by atoms with Crippen molar-refractivity contribution in [3.05, 3.63) is 108 Å². The number of para-hydroxylation sites is 1. The predicted molar refractivity (Wildman–Crippen MR) is 143 cm³/mol. The molecule has 8 heteroatoms. The number of hydrogen-bond acceptors (Lipinski definition) is 7. The number of thiazole rings is 1. The molecule has 0 atom stereocenters. The van der Waals surface area contributed by atoms with E-state index < -0.39 is 0 Å². The fourth-order valence-corrected chi connectivity index (χ4v) is 6.02. The number of ether oxygens (including phenoxy) is 1. The highest BCUT2D eigenvalue weighted by Gasteiger charge is 2.19. The summed E-state index contributed by atoms with van der Waals surface area (Å²) in [5.41, 5.74) is 3.02. The highest BCUT2D eigenvalue weighted by atomic mass is 32.2. The zero-order chi connectivity index (χ0) is 23.5. The van der Waals surface area contributed by atoms with Gasteiger partial charge in [0.15, 0.2) is 10.2 Å². The first kappa shape index (κ1) is 21.8. The molecular formula is C27H18N4OS3. The third kappa shape index (κ3) is 4.77. The van der Waals surface area contributed by atoms with E-state index in [-0.39, 0.29) is 0 Å². The van der Waals surface area contributed by atoms with Crippen LogP contribution in [0, 0.1) is 0 Å². The number of aromatic nitrogens is 4. The molecule has 3 aromatic carbocycles. The average Bonchev–Trinajstić information content (AvgIpc) is 3.68. The Hall–Kier alpha value is -3.72. The minimum Gasteiger partial charge on any atom is -0.457 e. The fourth-order valence-electron chi connectivity index (χ4n) is 3.55. The normalized spacial score (nSPS) is 11.0. The molecule has 170 valence electrons. The number of nitrogens with zero attached hydrogens (tertiary/aromatic N) is 4. The van der Waals surface area contributed by atoms with Gasteiger partial charge < -0.3 is 4.74 Å². The van der Waals surface area contributed by atoms with Gasteiger partial charge in [0.25, 0.3) is 0 Å². The SMILES string of the molecule is c1ccc(Oc2ccc(-n3c(Sc4nc(-c5ccccc5)cs4)nnc3-c3cccs3)cc2)cc1. The van der Waals surface area contributed by atoms with E-state index in [1.54, 1.807) is 22.7 Å². The lowest BCUT2D eigenvalue weighted by Gasteiger charge is -2.10. The maximum absolute atomic E-state index is 5.97. The summed E-state index contributed by atoms with van der Waals surface area (Å²) in [4.78, 5) is 5.88. The Kier molecular flexibility index (Phi) is 6.15. The number of thiophene rings is 1. The predicted octanol–water partition coefficient (Wildman–Crippen LogP) is 8.06. The topological polar surface area (TPSA) is 52.8 Å². The van der Waals surface area contributed by atoms with Gasteiger partial charge in [-0.2, -0.15) is 0 Å². The first-order valence-electron chi connectivity index (χ1n) is 10.8. The Morgan fingerprint density at radius 2 is 1.46 bits per heavy atom. The van der Waals surface area contributed by atoms with Gasteiger partial charge in [-0.3, -0.25) is 4.57 Å². The summed E-state index contributed by atoms with van der Waals surface area (Å²) >= 11 is 4.77. The van der Waals surface area contributed by atoms with E-state index in [0.29, 0.717) is 0 Å². The molecule has 0 radical (unpaired) electrons. The van der Waals surface area contributed by atoms with Crippen LogP contribution >= 0.6 is 34.4 Å². The maximum atomic E-state index is 5.97. The minimum atomic E-state index is 0.763. The van der Waals surface area contributed by atoms with Gasteiger partial charge in [-0.25, -0.2) is 4.98 Å². The Bertz CT molecular complexity index is 1530. The van der Waals surface area contributed by atoms with Gasteiger partial charge in [-0.1, -0.05) is 54.6 Å².